The van der Waals surface area contributed by atoms with E-state index in [0.717, 1.165) is 58.6 Å². The van der Waals surface area contributed by atoms with Gasteiger partial charge < -0.3 is 10.2 Å². The van der Waals surface area contributed by atoms with Gasteiger partial charge in [0.1, 0.15) is 18.4 Å². The van der Waals surface area contributed by atoms with Crippen molar-refractivity contribution >= 4 is 43.5 Å². The Labute approximate surface area is 243 Å². The molecule has 1 saturated carbocycles. The first-order chi connectivity index (χ1) is 19.1. The summed E-state index contributed by atoms with van der Waals surface area (Å²) in [6, 6.07) is 19.3. The van der Waals surface area contributed by atoms with Gasteiger partial charge in [-0.1, -0.05) is 65.5 Å². The topological polar surface area (TPSA) is 86.8 Å². The first-order valence-corrected chi connectivity index (χ1v) is 15.6. The lowest BCUT2D eigenvalue weighted by Gasteiger charge is -2.33. The summed E-state index contributed by atoms with van der Waals surface area (Å²) in [6.07, 6.45) is 5.03. The highest BCUT2D eigenvalue weighted by molar-refractivity contribution is 9.10. The molecule has 0 radical (unpaired) electrons. The molecule has 7 nitrogen and oxygen atoms in total. The lowest BCUT2D eigenvalue weighted by atomic mass is 9.95. The van der Waals surface area contributed by atoms with E-state index in [1.807, 2.05) is 24.3 Å². The van der Waals surface area contributed by atoms with Crippen LogP contribution in [0.5, 0.6) is 0 Å². The first kappa shape index (κ1) is 29.7. The number of halogens is 2. The molecule has 2 amide bonds. The molecular formula is C30H33BrFN3O4S. The highest BCUT2D eigenvalue weighted by atomic mass is 79.9. The maximum atomic E-state index is 13.9. The summed E-state index contributed by atoms with van der Waals surface area (Å²) in [6.45, 7) is 1.19. The van der Waals surface area contributed by atoms with Gasteiger partial charge in [0, 0.05) is 17.1 Å². The van der Waals surface area contributed by atoms with E-state index in [1.165, 1.54) is 29.2 Å². The van der Waals surface area contributed by atoms with Crippen LogP contribution in [0.3, 0.4) is 0 Å². The molecule has 0 heterocycles. The SMILES string of the molecule is C[C@H](C(=O)NC1CCCCC1)N(Cc1ccc(Br)cc1)C(=O)CN(c1ccc(F)cc1)S(=O)(=O)c1ccccc1. The zero-order chi connectivity index (χ0) is 28.7. The van der Waals surface area contributed by atoms with Gasteiger partial charge in [0.15, 0.2) is 0 Å². The molecule has 1 aliphatic rings. The van der Waals surface area contributed by atoms with Crippen molar-refractivity contribution in [3.8, 4) is 0 Å². The predicted octanol–water partition coefficient (Wildman–Crippen LogP) is 5.65. The molecular weight excluding hydrogens is 597 g/mol. The van der Waals surface area contributed by atoms with Crippen LogP contribution in [-0.4, -0.2) is 43.8 Å². The number of rotatable bonds is 10. The minimum atomic E-state index is -4.19. The molecule has 40 heavy (non-hydrogen) atoms. The molecule has 1 fully saturated rings. The van der Waals surface area contributed by atoms with E-state index < -0.39 is 34.3 Å². The summed E-state index contributed by atoms with van der Waals surface area (Å²) in [5.41, 5.74) is 0.926. The number of benzene rings is 3. The molecule has 0 bridgehead atoms. The molecule has 0 aliphatic heterocycles. The molecule has 3 aromatic rings. The van der Waals surface area contributed by atoms with Crippen LogP contribution in [-0.2, 0) is 26.2 Å². The average Bonchev–Trinajstić information content (AvgIpc) is 2.96. The molecule has 1 aliphatic carbocycles. The van der Waals surface area contributed by atoms with Crippen molar-refractivity contribution in [2.75, 3.05) is 10.8 Å². The van der Waals surface area contributed by atoms with Crippen LogP contribution in [0.25, 0.3) is 0 Å². The molecule has 1 N–H and O–H groups in total. The Balaban J connectivity index is 1.65. The third kappa shape index (κ3) is 7.48. The van der Waals surface area contributed by atoms with Crippen molar-refractivity contribution in [1.82, 2.24) is 10.2 Å². The van der Waals surface area contributed by atoms with Crippen LogP contribution in [0, 0.1) is 5.82 Å². The maximum Gasteiger partial charge on any atom is 0.264 e. The molecule has 0 aromatic heterocycles. The Morgan fingerprint density at radius 1 is 0.950 bits per heavy atom. The van der Waals surface area contributed by atoms with Gasteiger partial charge in [0.2, 0.25) is 11.8 Å². The summed E-state index contributed by atoms with van der Waals surface area (Å²) >= 11 is 3.41. The summed E-state index contributed by atoms with van der Waals surface area (Å²) in [5.74, 6) is -1.37. The lowest BCUT2D eigenvalue weighted by Crippen LogP contribution is -2.53. The number of hydrogen-bond acceptors (Lipinski definition) is 4. The van der Waals surface area contributed by atoms with Crippen molar-refractivity contribution in [3.05, 3.63) is 94.7 Å². The maximum absolute atomic E-state index is 13.9. The number of sulfonamides is 1. The molecule has 0 spiro atoms. The van der Waals surface area contributed by atoms with E-state index in [0.29, 0.717) is 0 Å². The standard InChI is InChI=1S/C30H33BrFN3O4S/c1-22(30(37)33-26-8-4-2-5-9-26)34(20-23-12-14-24(31)15-13-23)29(36)21-35(27-18-16-25(32)17-19-27)40(38,39)28-10-6-3-7-11-28/h3,6-7,10-19,22,26H,2,4-5,8-9,20-21H2,1H3,(H,33,37)/t22-/m1/s1. The highest BCUT2D eigenvalue weighted by Gasteiger charge is 2.33. The van der Waals surface area contributed by atoms with Crippen molar-refractivity contribution in [3.63, 3.8) is 0 Å². The summed E-state index contributed by atoms with van der Waals surface area (Å²) < 4.78 is 43.0. The molecule has 4 rings (SSSR count). The normalized spacial score (nSPS) is 14.8. The van der Waals surface area contributed by atoms with Gasteiger partial charge >= 0.3 is 0 Å². The summed E-state index contributed by atoms with van der Waals surface area (Å²) in [7, 11) is -4.19. The monoisotopic (exact) mass is 629 g/mol. The van der Waals surface area contributed by atoms with Crippen molar-refractivity contribution < 1.29 is 22.4 Å². The van der Waals surface area contributed by atoms with E-state index in [-0.39, 0.29) is 29.1 Å². The Morgan fingerprint density at radius 3 is 2.20 bits per heavy atom. The third-order valence-corrected chi connectivity index (χ3v) is 9.43. The Kier molecular flexibility index (Phi) is 9.97. The van der Waals surface area contributed by atoms with Gasteiger partial charge in [0.25, 0.3) is 10.0 Å². The number of anilines is 1. The lowest BCUT2D eigenvalue weighted by molar-refractivity contribution is -0.139. The number of carbonyl (C=O) groups excluding carboxylic acids is 2. The minimum absolute atomic E-state index is 0.00493. The van der Waals surface area contributed by atoms with E-state index in [2.05, 4.69) is 21.2 Å². The second-order valence-electron chi connectivity index (χ2n) is 9.97. The van der Waals surface area contributed by atoms with Crippen LogP contribution < -0.4 is 9.62 Å². The molecule has 0 unspecified atom stereocenters. The largest absolute Gasteiger partial charge is 0.352 e. The Hall–Kier alpha value is -3.24. The average molecular weight is 631 g/mol. The number of hydrogen-bond donors (Lipinski definition) is 1. The van der Waals surface area contributed by atoms with Gasteiger partial charge in [-0.05, 0) is 73.9 Å². The van der Waals surface area contributed by atoms with Gasteiger partial charge in [-0.2, -0.15) is 0 Å². The van der Waals surface area contributed by atoms with Gasteiger partial charge in [-0.15, -0.1) is 0 Å². The molecule has 3 aromatic carbocycles. The number of nitrogens with one attached hydrogen (secondary N) is 1. The number of nitrogens with zero attached hydrogens (tertiary/aromatic N) is 2. The van der Waals surface area contributed by atoms with Crippen LogP contribution in [0.4, 0.5) is 10.1 Å². The predicted molar refractivity (Wildman–Crippen MR) is 157 cm³/mol. The second-order valence-corrected chi connectivity index (χ2v) is 12.7. The molecule has 212 valence electrons. The van der Waals surface area contributed by atoms with E-state index >= 15 is 0 Å². The van der Waals surface area contributed by atoms with Crippen molar-refractivity contribution in [1.29, 1.82) is 0 Å². The van der Waals surface area contributed by atoms with E-state index in [1.54, 1.807) is 25.1 Å². The second kappa shape index (κ2) is 13.4. The first-order valence-electron chi connectivity index (χ1n) is 13.3. The van der Waals surface area contributed by atoms with Crippen LogP contribution in [0.1, 0.15) is 44.6 Å². The van der Waals surface area contributed by atoms with E-state index in [9.17, 15) is 22.4 Å². The van der Waals surface area contributed by atoms with E-state index in [4.69, 9.17) is 0 Å². The molecule has 1 atom stereocenters. The van der Waals surface area contributed by atoms with Gasteiger partial charge in [-0.25, -0.2) is 12.8 Å². The van der Waals surface area contributed by atoms with Gasteiger partial charge in [0.05, 0.1) is 10.6 Å². The molecule has 0 saturated heterocycles. The quantitative estimate of drug-likeness (QED) is 0.314. The highest BCUT2D eigenvalue weighted by Crippen LogP contribution is 2.25. The smallest absolute Gasteiger partial charge is 0.264 e. The fourth-order valence-corrected chi connectivity index (χ4v) is 6.49. The summed E-state index contributed by atoms with van der Waals surface area (Å²) in [4.78, 5) is 28.7. The summed E-state index contributed by atoms with van der Waals surface area (Å²) in [5, 5.41) is 3.08. The zero-order valence-corrected chi connectivity index (χ0v) is 24.7. The number of carbonyl (C=O) groups is 2. The fraction of sp³-hybridized carbons (Fsp3) is 0.333. The van der Waals surface area contributed by atoms with Crippen LogP contribution in [0.15, 0.2) is 88.2 Å². The van der Waals surface area contributed by atoms with Crippen molar-refractivity contribution in [2.45, 2.75) is 62.6 Å². The fourth-order valence-electron chi connectivity index (χ4n) is 4.79. The Morgan fingerprint density at radius 2 is 1.57 bits per heavy atom. The molecule has 10 heteroatoms. The van der Waals surface area contributed by atoms with Crippen molar-refractivity contribution in [2.24, 2.45) is 0 Å². The Bertz CT molecular complexity index is 1400. The van der Waals surface area contributed by atoms with Crippen LogP contribution >= 0.6 is 15.9 Å². The van der Waals surface area contributed by atoms with Crippen LogP contribution in [0.2, 0.25) is 0 Å². The number of amides is 2. The minimum Gasteiger partial charge on any atom is -0.352 e. The third-order valence-electron chi connectivity index (χ3n) is 7.11. The van der Waals surface area contributed by atoms with Gasteiger partial charge in [-0.3, -0.25) is 13.9 Å². The zero-order valence-electron chi connectivity index (χ0n) is 22.3.